The largest absolute Gasteiger partial charge is 0.288 e. The van der Waals surface area contributed by atoms with Crippen LogP contribution in [0.1, 0.15) is 21.5 Å². The highest BCUT2D eigenvalue weighted by Gasteiger charge is 2.14. The van der Waals surface area contributed by atoms with Gasteiger partial charge in [-0.3, -0.25) is 9.78 Å². The van der Waals surface area contributed by atoms with Gasteiger partial charge in [-0.05, 0) is 24.6 Å². The van der Waals surface area contributed by atoms with Crippen LogP contribution < -0.4 is 0 Å². The van der Waals surface area contributed by atoms with E-state index in [1.807, 2.05) is 13.0 Å². The molecule has 86 valence electrons. The van der Waals surface area contributed by atoms with E-state index in [1.54, 1.807) is 12.1 Å². The fourth-order valence-electron chi connectivity index (χ4n) is 1.51. The van der Waals surface area contributed by atoms with Crippen molar-refractivity contribution in [3.8, 4) is 0 Å². The summed E-state index contributed by atoms with van der Waals surface area (Å²) in [7, 11) is 0. The molecule has 2 aromatic rings. The van der Waals surface area contributed by atoms with Crippen molar-refractivity contribution in [2.75, 3.05) is 0 Å². The minimum atomic E-state index is -0.542. The summed E-state index contributed by atoms with van der Waals surface area (Å²) in [5.74, 6) is -0.870. The Morgan fingerprint density at radius 2 is 2.12 bits per heavy atom. The minimum absolute atomic E-state index is 0.192. The molecule has 0 aliphatic rings. The third-order valence-electron chi connectivity index (χ3n) is 2.40. The van der Waals surface area contributed by atoms with Crippen LogP contribution in [0.3, 0.4) is 0 Å². The van der Waals surface area contributed by atoms with Gasteiger partial charge in [0.15, 0.2) is 5.78 Å². The molecule has 0 aliphatic carbocycles. The molecule has 17 heavy (non-hydrogen) atoms. The van der Waals surface area contributed by atoms with Crippen LogP contribution >= 0.6 is 11.6 Å². The summed E-state index contributed by atoms with van der Waals surface area (Å²) < 4.78 is 13.0. The fraction of sp³-hybridized carbons (Fsp3) is 0.0769. The lowest BCUT2D eigenvalue weighted by atomic mass is 10.0. The van der Waals surface area contributed by atoms with Gasteiger partial charge in [-0.25, -0.2) is 4.39 Å². The third-order valence-corrected chi connectivity index (χ3v) is 2.91. The Bertz CT molecular complexity index is 583. The Balaban J connectivity index is 2.48. The first-order chi connectivity index (χ1) is 8.09. The lowest BCUT2D eigenvalue weighted by molar-refractivity contribution is 0.103. The van der Waals surface area contributed by atoms with Crippen LogP contribution in [-0.4, -0.2) is 10.8 Å². The molecular weight excluding hydrogens is 241 g/mol. The number of rotatable bonds is 2. The van der Waals surface area contributed by atoms with E-state index >= 15 is 0 Å². The van der Waals surface area contributed by atoms with Gasteiger partial charge < -0.3 is 0 Å². The van der Waals surface area contributed by atoms with Crippen LogP contribution in [0.15, 0.2) is 36.7 Å². The number of halogens is 2. The molecule has 2 rings (SSSR count). The number of aryl methyl sites for hydroxylation is 1. The second-order valence-corrected chi connectivity index (χ2v) is 4.04. The lowest BCUT2D eigenvalue weighted by Gasteiger charge is -2.05. The minimum Gasteiger partial charge on any atom is -0.288 e. The summed E-state index contributed by atoms with van der Waals surface area (Å²) in [5.41, 5.74) is 1.36. The van der Waals surface area contributed by atoms with E-state index in [0.717, 1.165) is 17.8 Å². The number of carbonyl (C=O) groups is 1. The van der Waals surface area contributed by atoms with Gasteiger partial charge in [0.05, 0.1) is 11.2 Å². The van der Waals surface area contributed by atoms with Gasteiger partial charge in [-0.2, -0.15) is 0 Å². The number of nitrogens with zero attached hydrogens (tertiary/aromatic N) is 1. The van der Waals surface area contributed by atoms with Gasteiger partial charge in [0.1, 0.15) is 5.82 Å². The zero-order chi connectivity index (χ0) is 12.4. The molecular formula is C13H9ClFNO. The molecule has 1 heterocycles. The van der Waals surface area contributed by atoms with Gasteiger partial charge in [0.25, 0.3) is 0 Å². The van der Waals surface area contributed by atoms with Crippen LogP contribution in [0.5, 0.6) is 0 Å². The summed E-state index contributed by atoms with van der Waals surface area (Å²) in [6, 6.07) is 6.31. The van der Waals surface area contributed by atoms with E-state index in [9.17, 15) is 9.18 Å². The molecule has 0 radical (unpaired) electrons. The maximum Gasteiger partial charge on any atom is 0.196 e. The Morgan fingerprint density at radius 3 is 2.82 bits per heavy atom. The van der Waals surface area contributed by atoms with E-state index in [-0.39, 0.29) is 11.3 Å². The average Bonchev–Trinajstić information content (AvgIpc) is 2.32. The van der Waals surface area contributed by atoms with Crippen molar-refractivity contribution in [2.45, 2.75) is 6.92 Å². The van der Waals surface area contributed by atoms with Crippen LogP contribution in [-0.2, 0) is 0 Å². The number of ketones is 1. The number of hydrogen-bond donors (Lipinski definition) is 0. The highest BCUT2D eigenvalue weighted by molar-refractivity contribution is 6.35. The summed E-state index contributed by atoms with van der Waals surface area (Å²) in [5, 5.41) is 0.391. The first-order valence-corrected chi connectivity index (χ1v) is 5.38. The molecule has 0 atom stereocenters. The lowest BCUT2D eigenvalue weighted by Crippen LogP contribution is -2.04. The first-order valence-electron chi connectivity index (χ1n) is 5.00. The molecule has 1 aromatic carbocycles. The molecule has 0 fully saturated rings. The monoisotopic (exact) mass is 249 g/mol. The molecule has 0 N–H and O–H groups in total. The van der Waals surface area contributed by atoms with Crippen molar-refractivity contribution in [3.05, 3.63) is 64.2 Å². The van der Waals surface area contributed by atoms with E-state index in [4.69, 9.17) is 11.6 Å². The van der Waals surface area contributed by atoms with Crippen molar-refractivity contribution in [2.24, 2.45) is 0 Å². The van der Waals surface area contributed by atoms with Crippen molar-refractivity contribution in [1.82, 2.24) is 4.98 Å². The quantitative estimate of drug-likeness (QED) is 0.764. The molecule has 1 aromatic heterocycles. The average molecular weight is 250 g/mol. The Morgan fingerprint density at radius 1 is 1.35 bits per heavy atom. The number of benzene rings is 1. The topological polar surface area (TPSA) is 30.0 Å². The highest BCUT2D eigenvalue weighted by atomic mass is 35.5. The molecule has 4 heteroatoms. The second-order valence-electron chi connectivity index (χ2n) is 3.66. The van der Waals surface area contributed by atoms with Gasteiger partial charge in [-0.1, -0.05) is 23.7 Å². The number of pyridine rings is 1. The molecule has 0 bridgehead atoms. The van der Waals surface area contributed by atoms with E-state index in [2.05, 4.69) is 4.98 Å². The van der Waals surface area contributed by atoms with Crippen LogP contribution in [0.2, 0.25) is 5.02 Å². The fourth-order valence-corrected chi connectivity index (χ4v) is 1.73. The zero-order valence-electron chi connectivity index (χ0n) is 9.08. The van der Waals surface area contributed by atoms with Crippen LogP contribution in [0.4, 0.5) is 4.39 Å². The molecule has 0 aliphatic heterocycles. The standard InChI is InChI=1S/C13H9ClFNO/c1-8-3-2-4-11(12(8)14)13(17)9-5-10(15)7-16-6-9/h2-7H,1H3. The normalized spacial score (nSPS) is 10.3. The predicted molar refractivity (Wildman–Crippen MR) is 63.8 cm³/mol. The van der Waals surface area contributed by atoms with E-state index in [1.165, 1.54) is 6.20 Å². The van der Waals surface area contributed by atoms with Crippen LogP contribution in [0.25, 0.3) is 0 Å². The molecule has 0 amide bonds. The predicted octanol–water partition coefficient (Wildman–Crippen LogP) is 3.41. The molecule has 0 unspecified atom stereocenters. The van der Waals surface area contributed by atoms with E-state index < -0.39 is 5.82 Å². The van der Waals surface area contributed by atoms with Crippen molar-refractivity contribution < 1.29 is 9.18 Å². The molecule has 0 spiro atoms. The van der Waals surface area contributed by atoms with Gasteiger partial charge in [0.2, 0.25) is 0 Å². The number of aromatic nitrogens is 1. The number of carbonyl (C=O) groups excluding carboxylic acids is 1. The zero-order valence-corrected chi connectivity index (χ0v) is 9.83. The maximum atomic E-state index is 13.0. The van der Waals surface area contributed by atoms with E-state index in [0.29, 0.717) is 10.6 Å². The molecule has 0 saturated heterocycles. The van der Waals surface area contributed by atoms with Gasteiger partial charge >= 0.3 is 0 Å². The summed E-state index contributed by atoms with van der Waals surface area (Å²) >= 11 is 6.04. The second kappa shape index (κ2) is 4.63. The SMILES string of the molecule is Cc1cccc(C(=O)c2cncc(F)c2)c1Cl. The summed E-state index contributed by atoms with van der Waals surface area (Å²) in [6.45, 7) is 1.81. The summed E-state index contributed by atoms with van der Waals surface area (Å²) in [4.78, 5) is 15.7. The van der Waals surface area contributed by atoms with Crippen molar-refractivity contribution in [3.63, 3.8) is 0 Å². The van der Waals surface area contributed by atoms with Gasteiger partial charge in [-0.15, -0.1) is 0 Å². The Kier molecular flexibility index (Phi) is 3.20. The van der Waals surface area contributed by atoms with Crippen molar-refractivity contribution >= 4 is 17.4 Å². The maximum absolute atomic E-state index is 13.0. The Hall–Kier alpha value is -1.74. The molecule has 0 saturated carbocycles. The summed E-state index contributed by atoms with van der Waals surface area (Å²) in [6.07, 6.45) is 2.37. The van der Waals surface area contributed by atoms with Crippen LogP contribution in [0, 0.1) is 12.7 Å². The van der Waals surface area contributed by atoms with Crippen molar-refractivity contribution in [1.29, 1.82) is 0 Å². The third kappa shape index (κ3) is 2.34. The number of hydrogen-bond acceptors (Lipinski definition) is 2. The smallest absolute Gasteiger partial charge is 0.196 e. The Labute approximate surface area is 103 Å². The first kappa shape index (κ1) is 11.7. The highest BCUT2D eigenvalue weighted by Crippen LogP contribution is 2.22. The molecule has 2 nitrogen and oxygen atoms in total. The van der Waals surface area contributed by atoms with Gasteiger partial charge in [0, 0.05) is 17.3 Å².